The minimum absolute atomic E-state index is 0.0544. The summed E-state index contributed by atoms with van der Waals surface area (Å²) in [5, 5.41) is 0. The Morgan fingerprint density at radius 3 is 2.40 bits per heavy atom. The maximum atomic E-state index is 13.2. The first-order chi connectivity index (χ1) is 12.0. The van der Waals surface area contributed by atoms with Gasteiger partial charge in [0, 0.05) is 25.6 Å². The number of likely N-dealkylation sites (N-methyl/N-ethyl adjacent to an activating group) is 1. The number of amides is 2. The van der Waals surface area contributed by atoms with Crippen LogP contribution in [0.25, 0.3) is 0 Å². The molecule has 6 heteroatoms. The highest BCUT2D eigenvalue weighted by Crippen LogP contribution is 2.29. The largest absolute Gasteiger partial charge is 0.369 e. The van der Waals surface area contributed by atoms with Crippen LogP contribution in [-0.4, -0.2) is 72.8 Å². The minimum Gasteiger partial charge on any atom is -0.369 e. The zero-order valence-electron chi connectivity index (χ0n) is 14.9. The topological polar surface area (TPSA) is 69.9 Å². The average Bonchev–Trinajstić information content (AvgIpc) is 2.62. The highest BCUT2D eigenvalue weighted by molar-refractivity contribution is 5.80. The van der Waals surface area contributed by atoms with Gasteiger partial charge >= 0.3 is 0 Å². The maximum Gasteiger partial charge on any atom is 0.231 e. The lowest BCUT2D eigenvalue weighted by atomic mass is 9.93. The van der Waals surface area contributed by atoms with E-state index in [2.05, 4.69) is 29.0 Å². The van der Waals surface area contributed by atoms with E-state index in [0.29, 0.717) is 6.54 Å². The van der Waals surface area contributed by atoms with Gasteiger partial charge in [0.05, 0.1) is 12.6 Å². The molecule has 1 atom stereocenters. The van der Waals surface area contributed by atoms with Crippen molar-refractivity contribution in [1.82, 2.24) is 14.7 Å². The van der Waals surface area contributed by atoms with E-state index >= 15 is 0 Å². The predicted octanol–water partition coefficient (Wildman–Crippen LogP) is 0.699. The summed E-state index contributed by atoms with van der Waals surface area (Å²) in [6.07, 6.45) is 1.61. The number of carbonyl (C=O) groups is 2. The molecule has 1 aromatic rings. The van der Waals surface area contributed by atoms with Gasteiger partial charge in [-0.05, 0) is 38.5 Å². The molecule has 2 heterocycles. The second kappa shape index (κ2) is 7.97. The Balaban J connectivity index is 1.66. The summed E-state index contributed by atoms with van der Waals surface area (Å²) >= 11 is 0. The number of nitrogens with zero attached hydrogens (tertiary/aromatic N) is 3. The van der Waals surface area contributed by atoms with Crippen molar-refractivity contribution in [1.29, 1.82) is 0 Å². The first kappa shape index (κ1) is 17.9. The lowest BCUT2D eigenvalue weighted by molar-refractivity contribution is -0.142. The van der Waals surface area contributed by atoms with Gasteiger partial charge in [0.2, 0.25) is 11.8 Å². The van der Waals surface area contributed by atoms with Crippen molar-refractivity contribution in [3.05, 3.63) is 35.9 Å². The van der Waals surface area contributed by atoms with Crippen LogP contribution in [0.15, 0.2) is 30.3 Å². The summed E-state index contributed by atoms with van der Waals surface area (Å²) in [5.74, 6) is 0.0207. The van der Waals surface area contributed by atoms with Gasteiger partial charge in [-0.1, -0.05) is 30.3 Å². The number of hydrogen-bond acceptors (Lipinski definition) is 4. The third-order valence-electron chi connectivity index (χ3n) is 5.37. The molecule has 2 N–H and O–H groups in total. The predicted molar refractivity (Wildman–Crippen MR) is 96.8 cm³/mol. The van der Waals surface area contributed by atoms with E-state index in [0.717, 1.165) is 45.6 Å². The van der Waals surface area contributed by atoms with Crippen molar-refractivity contribution in [2.24, 2.45) is 11.7 Å². The number of benzene rings is 1. The molecule has 3 rings (SSSR count). The number of nitrogens with two attached hydrogens (primary N) is 1. The van der Waals surface area contributed by atoms with Crippen LogP contribution >= 0.6 is 0 Å². The third-order valence-corrected chi connectivity index (χ3v) is 5.37. The van der Waals surface area contributed by atoms with Crippen molar-refractivity contribution in [3.63, 3.8) is 0 Å². The Morgan fingerprint density at radius 2 is 1.76 bits per heavy atom. The smallest absolute Gasteiger partial charge is 0.231 e. The number of primary amides is 1. The molecule has 2 fully saturated rings. The summed E-state index contributed by atoms with van der Waals surface area (Å²) in [6, 6.07) is 10.4. The molecule has 0 unspecified atom stereocenters. The monoisotopic (exact) mass is 344 g/mol. The van der Waals surface area contributed by atoms with Crippen LogP contribution in [0.2, 0.25) is 0 Å². The molecule has 0 aromatic heterocycles. The fourth-order valence-electron chi connectivity index (χ4n) is 3.94. The van der Waals surface area contributed by atoms with Crippen molar-refractivity contribution in [3.8, 4) is 0 Å². The first-order valence-electron chi connectivity index (χ1n) is 9.09. The SMILES string of the molecule is CN1CCN(C(=O)C2CCN(CC(N)=O)CC2)[C@H](c2ccccc2)C1. The van der Waals surface area contributed by atoms with Gasteiger partial charge < -0.3 is 15.5 Å². The molecular formula is C19H28N4O2. The van der Waals surface area contributed by atoms with E-state index in [1.54, 1.807) is 0 Å². The van der Waals surface area contributed by atoms with Crippen molar-refractivity contribution in [2.45, 2.75) is 18.9 Å². The molecule has 0 spiro atoms. The van der Waals surface area contributed by atoms with E-state index < -0.39 is 0 Å². The second-order valence-corrected chi connectivity index (χ2v) is 7.24. The van der Waals surface area contributed by atoms with Crippen molar-refractivity contribution in [2.75, 3.05) is 46.3 Å². The van der Waals surface area contributed by atoms with Gasteiger partial charge in [0.1, 0.15) is 0 Å². The highest BCUT2D eigenvalue weighted by atomic mass is 16.2. The molecule has 6 nitrogen and oxygen atoms in total. The molecule has 2 amide bonds. The number of carbonyl (C=O) groups excluding carboxylic acids is 2. The van der Waals surface area contributed by atoms with Crippen LogP contribution in [0.1, 0.15) is 24.4 Å². The maximum absolute atomic E-state index is 13.2. The summed E-state index contributed by atoms with van der Waals surface area (Å²) in [6.45, 7) is 4.39. The van der Waals surface area contributed by atoms with E-state index in [1.807, 2.05) is 23.1 Å². The quantitative estimate of drug-likeness (QED) is 0.873. The van der Waals surface area contributed by atoms with E-state index in [9.17, 15) is 9.59 Å². The summed E-state index contributed by atoms with van der Waals surface area (Å²) in [4.78, 5) is 30.6. The minimum atomic E-state index is -0.298. The van der Waals surface area contributed by atoms with Crippen molar-refractivity contribution < 1.29 is 9.59 Å². The van der Waals surface area contributed by atoms with Gasteiger partial charge in [-0.15, -0.1) is 0 Å². The lowest BCUT2D eigenvalue weighted by Gasteiger charge is -2.43. The zero-order chi connectivity index (χ0) is 17.8. The molecule has 2 saturated heterocycles. The molecule has 0 saturated carbocycles. The Labute approximate surface area is 149 Å². The molecule has 0 aliphatic carbocycles. The summed E-state index contributed by atoms with van der Waals surface area (Å²) < 4.78 is 0. The number of likely N-dealkylation sites (tertiary alicyclic amines) is 1. The van der Waals surface area contributed by atoms with Gasteiger partial charge in [0.15, 0.2) is 0 Å². The zero-order valence-corrected chi connectivity index (χ0v) is 14.9. The van der Waals surface area contributed by atoms with Crippen LogP contribution in [0, 0.1) is 5.92 Å². The lowest BCUT2D eigenvalue weighted by Crippen LogP contribution is -2.52. The molecule has 1 aromatic carbocycles. The number of hydrogen-bond donors (Lipinski definition) is 1. The van der Waals surface area contributed by atoms with Crippen LogP contribution < -0.4 is 5.73 Å². The van der Waals surface area contributed by atoms with Crippen LogP contribution in [0.3, 0.4) is 0 Å². The first-order valence-corrected chi connectivity index (χ1v) is 9.09. The molecule has 0 bridgehead atoms. The Kier molecular flexibility index (Phi) is 5.71. The molecule has 136 valence electrons. The molecule has 2 aliphatic heterocycles. The fourth-order valence-corrected chi connectivity index (χ4v) is 3.94. The summed E-state index contributed by atoms with van der Waals surface area (Å²) in [5.41, 5.74) is 6.47. The third kappa shape index (κ3) is 4.38. The van der Waals surface area contributed by atoms with E-state index in [1.165, 1.54) is 5.56 Å². The van der Waals surface area contributed by atoms with E-state index in [4.69, 9.17) is 5.73 Å². The highest BCUT2D eigenvalue weighted by Gasteiger charge is 2.35. The fraction of sp³-hybridized carbons (Fsp3) is 0.579. The molecule has 0 radical (unpaired) electrons. The standard InChI is InChI=1S/C19H28N4O2/c1-21-11-12-23(17(13-21)15-5-3-2-4-6-15)19(25)16-7-9-22(10-8-16)14-18(20)24/h2-6,16-17H,7-14H2,1H3,(H2,20,24)/t17-/m0/s1. The Hall–Kier alpha value is -1.92. The van der Waals surface area contributed by atoms with Crippen LogP contribution in [-0.2, 0) is 9.59 Å². The van der Waals surface area contributed by atoms with Gasteiger partial charge in [-0.25, -0.2) is 0 Å². The molecule has 25 heavy (non-hydrogen) atoms. The number of rotatable bonds is 4. The molecular weight excluding hydrogens is 316 g/mol. The average molecular weight is 344 g/mol. The molecule has 2 aliphatic rings. The Morgan fingerprint density at radius 1 is 1.08 bits per heavy atom. The summed E-state index contributed by atoms with van der Waals surface area (Å²) in [7, 11) is 2.11. The number of piperidine rings is 1. The second-order valence-electron chi connectivity index (χ2n) is 7.24. The normalized spacial score (nSPS) is 23.6. The number of piperazine rings is 1. The Bertz CT molecular complexity index is 599. The van der Waals surface area contributed by atoms with E-state index in [-0.39, 0.29) is 23.8 Å². The van der Waals surface area contributed by atoms with Gasteiger partial charge in [0.25, 0.3) is 0 Å². The van der Waals surface area contributed by atoms with Gasteiger partial charge in [-0.2, -0.15) is 0 Å². The van der Waals surface area contributed by atoms with Crippen LogP contribution in [0.5, 0.6) is 0 Å². The van der Waals surface area contributed by atoms with Gasteiger partial charge in [-0.3, -0.25) is 14.5 Å². The van der Waals surface area contributed by atoms with Crippen molar-refractivity contribution >= 4 is 11.8 Å². The van der Waals surface area contributed by atoms with Crippen LogP contribution in [0.4, 0.5) is 0 Å².